The summed E-state index contributed by atoms with van der Waals surface area (Å²) >= 11 is 5.92. The molecule has 134 valence electrons. The monoisotopic (exact) mass is 378 g/mol. The zero-order valence-corrected chi connectivity index (χ0v) is 14.2. The summed E-state index contributed by atoms with van der Waals surface area (Å²) in [5.41, 5.74) is -0.604. The lowest BCUT2D eigenvalue weighted by Crippen LogP contribution is -2.44. The Morgan fingerprint density at radius 2 is 1.73 bits per heavy atom. The highest BCUT2D eigenvalue weighted by Crippen LogP contribution is 2.34. The van der Waals surface area contributed by atoms with Gasteiger partial charge in [0.2, 0.25) is 0 Å². The molecule has 2 aromatic carbocycles. The fourth-order valence-electron chi connectivity index (χ4n) is 2.76. The number of benzene rings is 2. The smallest absolute Gasteiger partial charge is 0.300 e. The van der Waals surface area contributed by atoms with Crippen LogP contribution in [0.25, 0.3) is 0 Å². The summed E-state index contributed by atoms with van der Waals surface area (Å²) in [4.78, 5) is 12.0. The van der Waals surface area contributed by atoms with Gasteiger partial charge in [-0.05, 0) is 47.5 Å². The van der Waals surface area contributed by atoms with Crippen molar-refractivity contribution in [3.8, 4) is 0 Å². The minimum Gasteiger partial charge on any atom is -0.300 e. The van der Waals surface area contributed by atoms with Crippen molar-refractivity contribution in [2.45, 2.75) is 18.3 Å². The van der Waals surface area contributed by atoms with Gasteiger partial charge in [-0.25, -0.2) is 0 Å². The highest BCUT2D eigenvalue weighted by molar-refractivity contribution is 6.30. The van der Waals surface area contributed by atoms with Crippen molar-refractivity contribution >= 4 is 24.1 Å². The van der Waals surface area contributed by atoms with Gasteiger partial charge < -0.3 is 0 Å². The quantitative estimate of drug-likeness (QED) is 0.715. The second kappa shape index (κ2) is 6.96. The van der Waals surface area contributed by atoms with Crippen LogP contribution < -0.4 is 0 Å². The van der Waals surface area contributed by atoms with E-state index in [-0.39, 0.29) is 6.54 Å². The largest absolute Gasteiger partial charge is 0.416 e. The van der Waals surface area contributed by atoms with E-state index >= 15 is 0 Å². The predicted molar refractivity (Wildman–Crippen MR) is 93.8 cm³/mol. The molecule has 26 heavy (non-hydrogen) atoms. The molecule has 0 saturated heterocycles. The van der Waals surface area contributed by atoms with Gasteiger partial charge in [0.05, 0.1) is 12.1 Å². The molecule has 0 aromatic heterocycles. The first kappa shape index (κ1) is 18.2. The number of hydrogen-bond acceptors (Lipinski definition) is 3. The Bertz CT molecular complexity index is 845. The topological polar surface area (TPSA) is 32.7 Å². The Balaban J connectivity index is 1.92. The summed E-state index contributed by atoms with van der Waals surface area (Å²) < 4.78 is 38.1. The number of halogens is 4. The fourth-order valence-corrected chi connectivity index (χ4v) is 2.89. The van der Waals surface area contributed by atoms with Crippen LogP contribution in [0.5, 0.6) is 0 Å². The van der Waals surface area contributed by atoms with Gasteiger partial charge in [-0.3, -0.25) is 9.80 Å². The highest BCUT2D eigenvalue weighted by atomic mass is 35.5. The number of allylic oxidation sites excluding steroid dienone is 1. The van der Waals surface area contributed by atoms with E-state index in [4.69, 9.17) is 11.6 Å². The number of hydrogen-bond donors (Lipinski definition) is 0. The van der Waals surface area contributed by atoms with Gasteiger partial charge in [0, 0.05) is 11.2 Å². The standard InChI is InChI=1S/C19H14ClF3N2O/c20-17-8-6-15(7-9-17)18(13-26)10-1-11-24-25(18)12-14-2-4-16(5-3-14)19(21,22)23/h1-11,13H,12H2. The molecule has 1 unspecified atom stereocenters. The molecule has 0 saturated carbocycles. The van der Waals surface area contributed by atoms with E-state index in [1.807, 2.05) is 0 Å². The number of carbonyl (C=O) groups excluding carboxylic acids is 1. The first-order valence-corrected chi connectivity index (χ1v) is 8.11. The Morgan fingerprint density at radius 1 is 1.08 bits per heavy atom. The molecule has 0 bridgehead atoms. The van der Waals surface area contributed by atoms with Gasteiger partial charge >= 0.3 is 6.18 Å². The van der Waals surface area contributed by atoms with Crippen molar-refractivity contribution in [1.29, 1.82) is 0 Å². The lowest BCUT2D eigenvalue weighted by atomic mass is 9.89. The summed E-state index contributed by atoms with van der Waals surface area (Å²) in [5.74, 6) is 0. The number of aldehydes is 1. The average molecular weight is 379 g/mol. The van der Waals surface area contributed by atoms with Gasteiger partial charge in [0.25, 0.3) is 0 Å². The molecule has 7 heteroatoms. The third-order valence-corrected chi connectivity index (χ3v) is 4.42. The van der Waals surface area contributed by atoms with Crippen molar-refractivity contribution in [2.24, 2.45) is 5.10 Å². The van der Waals surface area contributed by atoms with E-state index in [1.54, 1.807) is 36.4 Å². The molecule has 0 N–H and O–H groups in total. The summed E-state index contributed by atoms with van der Waals surface area (Å²) in [7, 11) is 0. The molecule has 0 fully saturated rings. The molecule has 1 atom stereocenters. The van der Waals surface area contributed by atoms with Crippen molar-refractivity contribution in [2.75, 3.05) is 0 Å². The molecule has 0 aliphatic carbocycles. The second-order valence-corrected chi connectivity index (χ2v) is 6.26. The Hall–Kier alpha value is -2.60. The molecule has 2 aromatic rings. The van der Waals surface area contributed by atoms with E-state index in [0.29, 0.717) is 16.1 Å². The number of hydrazone groups is 1. The van der Waals surface area contributed by atoms with Crippen LogP contribution in [0.4, 0.5) is 13.2 Å². The minimum atomic E-state index is -4.39. The molecule has 1 heterocycles. The second-order valence-electron chi connectivity index (χ2n) is 5.83. The first-order chi connectivity index (χ1) is 12.3. The van der Waals surface area contributed by atoms with Crippen LogP contribution in [-0.2, 0) is 23.1 Å². The number of alkyl halides is 3. The zero-order valence-electron chi connectivity index (χ0n) is 13.4. The maximum absolute atomic E-state index is 12.7. The minimum absolute atomic E-state index is 0.167. The van der Waals surface area contributed by atoms with E-state index in [1.165, 1.54) is 23.4 Å². The van der Waals surface area contributed by atoms with E-state index in [0.717, 1.165) is 18.4 Å². The maximum Gasteiger partial charge on any atom is 0.416 e. The van der Waals surface area contributed by atoms with Gasteiger partial charge in [-0.2, -0.15) is 18.3 Å². The summed E-state index contributed by atoms with van der Waals surface area (Å²) in [6.45, 7) is 0.167. The summed E-state index contributed by atoms with van der Waals surface area (Å²) in [6.07, 6.45) is 1.25. The maximum atomic E-state index is 12.7. The van der Waals surface area contributed by atoms with E-state index in [9.17, 15) is 18.0 Å². The Kier molecular flexibility index (Phi) is 4.87. The van der Waals surface area contributed by atoms with Crippen LogP contribution in [0.1, 0.15) is 16.7 Å². The number of carbonyl (C=O) groups is 1. The van der Waals surface area contributed by atoms with Gasteiger partial charge in [-0.15, -0.1) is 0 Å². The van der Waals surface area contributed by atoms with Crippen molar-refractivity contribution in [1.82, 2.24) is 5.01 Å². The van der Waals surface area contributed by atoms with Crippen molar-refractivity contribution in [3.05, 3.63) is 82.4 Å². The Morgan fingerprint density at radius 3 is 2.31 bits per heavy atom. The number of nitrogens with zero attached hydrogens (tertiary/aromatic N) is 2. The molecule has 1 aliphatic rings. The molecule has 0 amide bonds. The fraction of sp³-hybridized carbons (Fsp3) is 0.158. The van der Waals surface area contributed by atoms with Crippen LogP contribution in [-0.4, -0.2) is 17.5 Å². The molecule has 0 spiro atoms. The predicted octanol–water partition coefficient (Wildman–Crippen LogP) is 4.81. The van der Waals surface area contributed by atoms with E-state index < -0.39 is 17.3 Å². The normalized spacial score (nSPS) is 19.6. The van der Waals surface area contributed by atoms with Gasteiger partial charge in [0.1, 0.15) is 0 Å². The van der Waals surface area contributed by atoms with Crippen LogP contribution in [0.2, 0.25) is 5.02 Å². The molecular weight excluding hydrogens is 365 g/mol. The number of rotatable bonds is 4. The van der Waals surface area contributed by atoms with Crippen molar-refractivity contribution < 1.29 is 18.0 Å². The first-order valence-electron chi connectivity index (χ1n) is 7.73. The molecule has 3 nitrogen and oxygen atoms in total. The summed E-state index contributed by atoms with van der Waals surface area (Å²) in [6, 6.07) is 11.6. The van der Waals surface area contributed by atoms with Crippen LogP contribution >= 0.6 is 11.6 Å². The van der Waals surface area contributed by atoms with Gasteiger partial charge in [0.15, 0.2) is 11.8 Å². The SMILES string of the molecule is O=CC1(c2ccc(Cl)cc2)C=CC=NN1Cc1ccc(C(F)(F)F)cc1. The molecule has 0 radical (unpaired) electrons. The van der Waals surface area contributed by atoms with Crippen LogP contribution in [0, 0.1) is 0 Å². The summed E-state index contributed by atoms with van der Waals surface area (Å²) in [5, 5.41) is 6.32. The third kappa shape index (κ3) is 3.51. The van der Waals surface area contributed by atoms with Crippen LogP contribution in [0.3, 0.4) is 0 Å². The van der Waals surface area contributed by atoms with Crippen molar-refractivity contribution in [3.63, 3.8) is 0 Å². The Labute approximate surface area is 153 Å². The van der Waals surface area contributed by atoms with Crippen LogP contribution in [0.15, 0.2) is 65.8 Å². The lowest BCUT2D eigenvalue weighted by molar-refractivity contribution is -0.137. The lowest BCUT2D eigenvalue weighted by Gasteiger charge is -2.37. The molecule has 3 rings (SSSR count). The molecular formula is C19H14ClF3N2O. The van der Waals surface area contributed by atoms with E-state index in [2.05, 4.69) is 5.10 Å². The zero-order chi connectivity index (χ0) is 18.8. The molecule has 1 aliphatic heterocycles. The van der Waals surface area contributed by atoms with Gasteiger partial charge in [-0.1, -0.05) is 35.9 Å². The third-order valence-electron chi connectivity index (χ3n) is 4.17. The highest BCUT2D eigenvalue weighted by Gasteiger charge is 2.37. The average Bonchev–Trinajstić information content (AvgIpc) is 2.63.